The molecule has 0 radical (unpaired) electrons. The molecule has 3 N–H and O–H groups in total. The maximum atomic E-state index is 11.8. The molecule has 1 rings (SSSR count). The smallest absolute Gasteiger partial charge is 0.239 e. The van der Waals surface area contributed by atoms with Crippen molar-refractivity contribution >= 4 is 17.7 Å². The predicted octanol–water partition coefficient (Wildman–Crippen LogP) is 0.180. The molecule has 0 aromatic carbocycles. The average molecular weight is 283 g/mol. The first-order chi connectivity index (χ1) is 9.40. The summed E-state index contributed by atoms with van der Waals surface area (Å²) in [6.45, 7) is 5.56. The van der Waals surface area contributed by atoms with Crippen molar-refractivity contribution in [2.24, 2.45) is 11.8 Å². The second-order valence-electron chi connectivity index (χ2n) is 5.63. The van der Waals surface area contributed by atoms with Gasteiger partial charge in [-0.3, -0.25) is 14.4 Å². The summed E-state index contributed by atoms with van der Waals surface area (Å²) in [7, 11) is 0. The van der Waals surface area contributed by atoms with Crippen LogP contribution >= 0.6 is 0 Å². The van der Waals surface area contributed by atoms with Gasteiger partial charge in [-0.15, -0.1) is 0 Å². The molecule has 1 aliphatic rings. The summed E-state index contributed by atoms with van der Waals surface area (Å²) in [6.07, 6.45) is 3.34. The fourth-order valence-electron chi connectivity index (χ4n) is 2.49. The lowest BCUT2D eigenvalue weighted by atomic mass is 9.78. The van der Waals surface area contributed by atoms with E-state index in [1.165, 1.54) is 13.3 Å². The number of carbonyl (C=O) groups excluding carboxylic acids is 3. The highest BCUT2D eigenvalue weighted by Crippen LogP contribution is 2.29. The normalized spacial score (nSPS) is 25.6. The molecule has 0 spiro atoms. The van der Waals surface area contributed by atoms with E-state index in [-0.39, 0.29) is 36.9 Å². The van der Waals surface area contributed by atoms with Gasteiger partial charge in [0.1, 0.15) is 0 Å². The summed E-state index contributed by atoms with van der Waals surface area (Å²) < 4.78 is 0. The highest BCUT2D eigenvalue weighted by atomic mass is 16.2. The van der Waals surface area contributed by atoms with E-state index >= 15 is 0 Å². The Morgan fingerprint density at radius 3 is 2.30 bits per heavy atom. The Kier molecular flexibility index (Phi) is 6.48. The van der Waals surface area contributed by atoms with Crippen LogP contribution in [0.5, 0.6) is 0 Å². The number of hydrogen-bond acceptors (Lipinski definition) is 3. The zero-order valence-electron chi connectivity index (χ0n) is 12.5. The van der Waals surface area contributed by atoms with E-state index in [2.05, 4.69) is 29.8 Å². The first kappa shape index (κ1) is 16.5. The molecule has 114 valence electrons. The summed E-state index contributed by atoms with van der Waals surface area (Å²) in [6, 6.07) is 0.193. The molecule has 0 bridgehead atoms. The fourth-order valence-corrected chi connectivity index (χ4v) is 2.49. The second kappa shape index (κ2) is 7.87. The average Bonchev–Trinajstić information content (AvgIpc) is 2.39. The Morgan fingerprint density at radius 2 is 1.65 bits per heavy atom. The van der Waals surface area contributed by atoms with Gasteiger partial charge in [0.2, 0.25) is 17.7 Å². The summed E-state index contributed by atoms with van der Waals surface area (Å²) in [5.74, 6) is 0.272. The molecule has 3 unspecified atom stereocenters. The standard InChI is InChI=1S/C14H25N3O3/c1-9-5-4-6-12(10(9)2)17-14(20)8-16-13(19)7-15-11(3)18/h9-10,12H,4-8H2,1-3H3,(H,15,18)(H,16,19)(H,17,20). The van der Waals surface area contributed by atoms with Crippen LogP contribution < -0.4 is 16.0 Å². The Labute approximate surface area is 120 Å². The quantitative estimate of drug-likeness (QED) is 0.672. The summed E-state index contributed by atoms with van der Waals surface area (Å²) >= 11 is 0. The highest BCUT2D eigenvalue weighted by Gasteiger charge is 2.27. The summed E-state index contributed by atoms with van der Waals surface area (Å²) in [5, 5.41) is 7.85. The molecule has 1 aliphatic carbocycles. The van der Waals surface area contributed by atoms with Crippen molar-refractivity contribution in [3.8, 4) is 0 Å². The Balaban J connectivity index is 2.26. The van der Waals surface area contributed by atoms with E-state index < -0.39 is 0 Å². The van der Waals surface area contributed by atoms with E-state index in [4.69, 9.17) is 0 Å². The van der Waals surface area contributed by atoms with Crippen molar-refractivity contribution in [1.29, 1.82) is 0 Å². The van der Waals surface area contributed by atoms with E-state index in [0.717, 1.165) is 12.8 Å². The molecule has 20 heavy (non-hydrogen) atoms. The van der Waals surface area contributed by atoms with E-state index in [0.29, 0.717) is 11.8 Å². The third kappa shape index (κ3) is 5.59. The van der Waals surface area contributed by atoms with Gasteiger partial charge >= 0.3 is 0 Å². The highest BCUT2D eigenvalue weighted by molar-refractivity contribution is 5.87. The molecule has 1 saturated carbocycles. The Morgan fingerprint density at radius 1 is 1.00 bits per heavy atom. The van der Waals surface area contributed by atoms with Crippen molar-refractivity contribution in [2.45, 2.75) is 46.1 Å². The van der Waals surface area contributed by atoms with Crippen LogP contribution in [0.25, 0.3) is 0 Å². The molecule has 0 aliphatic heterocycles. The van der Waals surface area contributed by atoms with Crippen LogP contribution in [-0.2, 0) is 14.4 Å². The molecule has 0 saturated heterocycles. The van der Waals surface area contributed by atoms with Crippen molar-refractivity contribution in [1.82, 2.24) is 16.0 Å². The van der Waals surface area contributed by atoms with Gasteiger partial charge in [0, 0.05) is 13.0 Å². The van der Waals surface area contributed by atoms with Gasteiger partial charge in [-0.05, 0) is 18.3 Å². The van der Waals surface area contributed by atoms with Gasteiger partial charge in [-0.25, -0.2) is 0 Å². The van der Waals surface area contributed by atoms with E-state index in [9.17, 15) is 14.4 Å². The van der Waals surface area contributed by atoms with Crippen LogP contribution in [0.2, 0.25) is 0 Å². The van der Waals surface area contributed by atoms with Crippen LogP contribution in [0.15, 0.2) is 0 Å². The third-order valence-corrected chi connectivity index (χ3v) is 4.00. The monoisotopic (exact) mass is 283 g/mol. The van der Waals surface area contributed by atoms with Gasteiger partial charge in [-0.2, -0.15) is 0 Å². The maximum Gasteiger partial charge on any atom is 0.239 e. The largest absolute Gasteiger partial charge is 0.352 e. The summed E-state index contributed by atoms with van der Waals surface area (Å²) in [5.41, 5.74) is 0. The maximum absolute atomic E-state index is 11.8. The molecule has 3 atom stereocenters. The molecule has 0 aromatic rings. The van der Waals surface area contributed by atoms with Crippen molar-refractivity contribution in [2.75, 3.05) is 13.1 Å². The lowest BCUT2D eigenvalue weighted by Gasteiger charge is -2.34. The first-order valence-electron chi connectivity index (χ1n) is 7.20. The number of amides is 3. The topological polar surface area (TPSA) is 87.3 Å². The lowest BCUT2D eigenvalue weighted by molar-refractivity contribution is -0.127. The SMILES string of the molecule is CC(=O)NCC(=O)NCC(=O)NC1CCCC(C)C1C. The predicted molar refractivity (Wildman–Crippen MR) is 75.8 cm³/mol. The van der Waals surface area contributed by atoms with Crippen molar-refractivity contribution in [3.63, 3.8) is 0 Å². The first-order valence-corrected chi connectivity index (χ1v) is 7.20. The molecular weight excluding hydrogens is 258 g/mol. The van der Waals surface area contributed by atoms with Crippen LogP contribution in [0.4, 0.5) is 0 Å². The number of hydrogen-bond donors (Lipinski definition) is 3. The third-order valence-electron chi connectivity index (χ3n) is 4.00. The molecule has 0 heterocycles. The fraction of sp³-hybridized carbons (Fsp3) is 0.786. The minimum Gasteiger partial charge on any atom is -0.352 e. The number of rotatable bonds is 5. The number of carbonyl (C=O) groups is 3. The number of nitrogens with one attached hydrogen (secondary N) is 3. The minimum absolute atomic E-state index is 0.0456. The van der Waals surface area contributed by atoms with E-state index in [1.54, 1.807) is 0 Å². The van der Waals surface area contributed by atoms with Crippen molar-refractivity contribution < 1.29 is 14.4 Å². The molecule has 1 fully saturated rings. The lowest BCUT2D eigenvalue weighted by Crippen LogP contribution is -2.48. The molecule has 3 amide bonds. The van der Waals surface area contributed by atoms with Crippen LogP contribution in [0.1, 0.15) is 40.0 Å². The molecular formula is C14H25N3O3. The molecule has 6 heteroatoms. The second-order valence-corrected chi connectivity index (χ2v) is 5.63. The van der Waals surface area contributed by atoms with Crippen LogP contribution in [-0.4, -0.2) is 36.9 Å². The van der Waals surface area contributed by atoms with E-state index in [1.807, 2.05) is 0 Å². The Hall–Kier alpha value is -1.59. The molecule has 6 nitrogen and oxygen atoms in total. The van der Waals surface area contributed by atoms with Crippen LogP contribution in [0, 0.1) is 11.8 Å². The minimum atomic E-state index is -0.361. The zero-order chi connectivity index (χ0) is 15.1. The van der Waals surface area contributed by atoms with Gasteiger partial charge < -0.3 is 16.0 Å². The van der Waals surface area contributed by atoms with Gasteiger partial charge in [0.25, 0.3) is 0 Å². The van der Waals surface area contributed by atoms with Crippen LogP contribution in [0.3, 0.4) is 0 Å². The van der Waals surface area contributed by atoms with Gasteiger partial charge in [-0.1, -0.05) is 26.7 Å². The Bertz CT molecular complexity index is 371. The van der Waals surface area contributed by atoms with Crippen molar-refractivity contribution in [3.05, 3.63) is 0 Å². The zero-order valence-corrected chi connectivity index (χ0v) is 12.5. The molecule has 0 aromatic heterocycles. The summed E-state index contributed by atoms with van der Waals surface area (Å²) in [4.78, 5) is 33.8. The van der Waals surface area contributed by atoms with Gasteiger partial charge in [0.15, 0.2) is 0 Å². The van der Waals surface area contributed by atoms with Gasteiger partial charge in [0.05, 0.1) is 13.1 Å².